The highest BCUT2D eigenvalue weighted by Gasteiger charge is 2.32. The third-order valence-corrected chi connectivity index (χ3v) is 3.68. The van der Waals surface area contributed by atoms with Gasteiger partial charge in [-0.3, -0.25) is 14.8 Å². The van der Waals surface area contributed by atoms with Crippen molar-refractivity contribution in [3.8, 4) is 6.07 Å². The number of nitrogens with zero attached hydrogens (tertiary/aromatic N) is 4. The van der Waals surface area contributed by atoms with Crippen LogP contribution in [0.1, 0.15) is 43.1 Å². The Morgan fingerprint density at radius 3 is 2.67 bits per heavy atom. The van der Waals surface area contributed by atoms with E-state index in [2.05, 4.69) is 11.2 Å². The van der Waals surface area contributed by atoms with Gasteiger partial charge in [0, 0.05) is 0 Å². The Labute approximate surface area is 105 Å². The first-order valence-corrected chi connectivity index (χ1v) is 6.16. The van der Waals surface area contributed by atoms with E-state index in [9.17, 15) is 15.4 Å². The Balaban J connectivity index is 2.42. The van der Waals surface area contributed by atoms with Crippen LogP contribution in [0.15, 0.2) is 0 Å². The van der Waals surface area contributed by atoms with Crippen LogP contribution in [0.3, 0.4) is 0 Å². The second-order valence-electron chi connectivity index (χ2n) is 4.81. The van der Waals surface area contributed by atoms with Crippen molar-refractivity contribution in [2.75, 3.05) is 0 Å². The van der Waals surface area contributed by atoms with Crippen LogP contribution < -0.4 is 0 Å². The highest BCUT2D eigenvalue weighted by atomic mass is 16.6. The fraction of sp³-hybridized carbons (Fsp3) is 0.667. The van der Waals surface area contributed by atoms with Gasteiger partial charge in [0.15, 0.2) is 0 Å². The SMILES string of the molecule is Cc1nn(C2CCCCC2C#N)c(C)c1[N+](=O)[O-]. The summed E-state index contributed by atoms with van der Waals surface area (Å²) >= 11 is 0. The van der Waals surface area contributed by atoms with Crippen LogP contribution in [0.2, 0.25) is 0 Å². The monoisotopic (exact) mass is 248 g/mol. The number of nitro groups is 1. The van der Waals surface area contributed by atoms with E-state index in [1.165, 1.54) is 0 Å². The predicted molar refractivity (Wildman–Crippen MR) is 65.0 cm³/mol. The van der Waals surface area contributed by atoms with Gasteiger partial charge in [-0.1, -0.05) is 12.8 Å². The van der Waals surface area contributed by atoms with Gasteiger partial charge in [0.1, 0.15) is 11.4 Å². The van der Waals surface area contributed by atoms with Gasteiger partial charge in [-0.2, -0.15) is 10.4 Å². The van der Waals surface area contributed by atoms with E-state index in [4.69, 9.17) is 0 Å². The third kappa shape index (κ3) is 1.96. The average molecular weight is 248 g/mol. The lowest BCUT2D eigenvalue weighted by molar-refractivity contribution is -0.386. The van der Waals surface area contributed by atoms with Gasteiger partial charge >= 0.3 is 5.69 Å². The maximum Gasteiger partial charge on any atom is 0.312 e. The largest absolute Gasteiger partial charge is 0.312 e. The lowest BCUT2D eigenvalue weighted by atomic mass is 9.85. The second-order valence-corrected chi connectivity index (χ2v) is 4.81. The van der Waals surface area contributed by atoms with Crippen LogP contribution >= 0.6 is 0 Å². The van der Waals surface area contributed by atoms with Crippen LogP contribution in [0.4, 0.5) is 5.69 Å². The van der Waals surface area contributed by atoms with Crippen LogP contribution in [0.5, 0.6) is 0 Å². The smallest absolute Gasteiger partial charge is 0.258 e. The molecule has 1 aromatic heterocycles. The zero-order chi connectivity index (χ0) is 13.3. The second kappa shape index (κ2) is 4.77. The van der Waals surface area contributed by atoms with Crippen molar-refractivity contribution >= 4 is 5.69 Å². The molecule has 0 spiro atoms. The minimum Gasteiger partial charge on any atom is -0.258 e. The maximum atomic E-state index is 11.0. The van der Waals surface area contributed by atoms with E-state index in [0.29, 0.717) is 11.4 Å². The van der Waals surface area contributed by atoms with Gasteiger partial charge in [-0.15, -0.1) is 0 Å². The molecule has 96 valence electrons. The Hall–Kier alpha value is -1.90. The molecule has 1 saturated carbocycles. The van der Waals surface area contributed by atoms with Gasteiger partial charge in [0.2, 0.25) is 0 Å². The molecule has 1 aliphatic carbocycles. The Morgan fingerprint density at radius 1 is 1.44 bits per heavy atom. The standard InChI is InChI=1S/C12H16N4O2/c1-8-12(16(17)18)9(2)15(14-8)11-6-4-3-5-10(11)7-13/h10-11H,3-6H2,1-2H3. The van der Waals surface area contributed by atoms with Crippen molar-refractivity contribution in [1.82, 2.24) is 9.78 Å². The van der Waals surface area contributed by atoms with Crippen LogP contribution in [-0.2, 0) is 0 Å². The molecule has 1 aliphatic rings. The molecule has 0 bridgehead atoms. The average Bonchev–Trinajstić information content (AvgIpc) is 2.64. The zero-order valence-electron chi connectivity index (χ0n) is 10.6. The molecular formula is C12H16N4O2. The summed E-state index contributed by atoms with van der Waals surface area (Å²) in [5.74, 6) is -0.0867. The molecule has 0 N–H and O–H groups in total. The molecule has 0 amide bonds. The summed E-state index contributed by atoms with van der Waals surface area (Å²) in [7, 11) is 0. The Morgan fingerprint density at radius 2 is 2.11 bits per heavy atom. The lowest BCUT2D eigenvalue weighted by Crippen LogP contribution is -2.24. The Kier molecular flexibility index (Phi) is 3.32. The Bertz CT molecular complexity index is 515. The summed E-state index contributed by atoms with van der Waals surface area (Å²) < 4.78 is 1.69. The number of aryl methyl sites for hydroxylation is 1. The molecule has 6 nitrogen and oxygen atoms in total. The van der Waals surface area contributed by atoms with E-state index >= 15 is 0 Å². The third-order valence-electron chi connectivity index (χ3n) is 3.68. The highest BCUT2D eigenvalue weighted by molar-refractivity contribution is 5.39. The molecule has 1 heterocycles. The molecule has 18 heavy (non-hydrogen) atoms. The van der Waals surface area contributed by atoms with Gasteiger partial charge in [0.05, 0.1) is 23.0 Å². The molecule has 6 heteroatoms. The van der Waals surface area contributed by atoms with Crippen LogP contribution in [0, 0.1) is 41.2 Å². The maximum absolute atomic E-state index is 11.0. The molecule has 1 fully saturated rings. The topological polar surface area (TPSA) is 84.8 Å². The number of rotatable bonds is 2. The normalized spacial score (nSPS) is 23.6. The number of nitriles is 1. The molecule has 2 atom stereocenters. The lowest BCUT2D eigenvalue weighted by Gasteiger charge is -2.27. The summed E-state index contributed by atoms with van der Waals surface area (Å²) in [6, 6.07) is 2.29. The van der Waals surface area contributed by atoms with E-state index in [-0.39, 0.29) is 17.6 Å². The first-order chi connectivity index (χ1) is 8.56. The predicted octanol–water partition coefficient (Wildman–Crippen LogP) is 2.66. The molecular weight excluding hydrogens is 232 g/mol. The van der Waals surface area contributed by atoms with Crippen molar-refractivity contribution in [1.29, 1.82) is 5.26 Å². The van der Waals surface area contributed by atoms with Gasteiger partial charge < -0.3 is 0 Å². The summed E-state index contributed by atoms with van der Waals surface area (Å²) in [5, 5.41) is 24.4. The van der Waals surface area contributed by atoms with Gasteiger partial charge in [-0.05, 0) is 26.7 Å². The van der Waals surface area contributed by atoms with E-state index in [1.807, 2.05) is 0 Å². The molecule has 2 unspecified atom stereocenters. The number of hydrogen-bond donors (Lipinski definition) is 0. The molecule has 2 rings (SSSR count). The molecule has 0 aliphatic heterocycles. The van der Waals surface area contributed by atoms with Gasteiger partial charge in [0.25, 0.3) is 0 Å². The van der Waals surface area contributed by atoms with Crippen molar-refractivity contribution in [2.45, 2.75) is 45.6 Å². The quantitative estimate of drug-likeness (QED) is 0.594. The molecule has 0 aromatic carbocycles. The van der Waals surface area contributed by atoms with E-state index in [0.717, 1.165) is 25.7 Å². The summed E-state index contributed by atoms with van der Waals surface area (Å²) in [5.41, 5.74) is 1.07. The van der Waals surface area contributed by atoms with E-state index < -0.39 is 4.92 Å². The summed E-state index contributed by atoms with van der Waals surface area (Å²) in [6.07, 6.45) is 3.83. The van der Waals surface area contributed by atoms with Gasteiger partial charge in [-0.25, -0.2) is 0 Å². The van der Waals surface area contributed by atoms with E-state index in [1.54, 1.807) is 18.5 Å². The minimum atomic E-state index is -0.391. The van der Waals surface area contributed by atoms with Crippen LogP contribution in [-0.4, -0.2) is 14.7 Å². The summed E-state index contributed by atoms with van der Waals surface area (Å²) in [4.78, 5) is 10.6. The highest BCUT2D eigenvalue weighted by Crippen LogP contribution is 2.36. The molecule has 0 saturated heterocycles. The molecule has 0 radical (unpaired) electrons. The van der Waals surface area contributed by atoms with Crippen molar-refractivity contribution in [3.05, 3.63) is 21.5 Å². The molecule has 1 aromatic rings. The number of aromatic nitrogens is 2. The van der Waals surface area contributed by atoms with Crippen molar-refractivity contribution < 1.29 is 4.92 Å². The zero-order valence-corrected chi connectivity index (χ0v) is 10.6. The minimum absolute atomic E-state index is 0.0175. The van der Waals surface area contributed by atoms with Crippen molar-refractivity contribution in [3.63, 3.8) is 0 Å². The fourth-order valence-electron chi connectivity index (χ4n) is 2.80. The number of hydrogen-bond acceptors (Lipinski definition) is 4. The first-order valence-electron chi connectivity index (χ1n) is 6.16. The first kappa shape index (κ1) is 12.6. The summed E-state index contributed by atoms with van der Waals surface area (Å²) in [6.45, 7) is 3.35. The van der Waals surface area contributed by atoms with Crippen LogP contribution in [0.25, 0.3) is 0 Å². The fourth-order valence-corrected chi connectivity index (χ4v) is 2.80. The van der Waals surface area contributed by atoms with Crippen molar-refractivity contribution in [2.24, 2.45) is 5.92 Å².